The second-order valence-corrected chi connectivity index (χ2v) is 4.48. The van der Waals surface area contributed by atoms with Crippen LogP contribution in [0.4, 0.5) is 0 Å². The van der Waals surface area contributed by atoms with Crippen LogP contribution in [0.3, 0.4) is 0 Å². The number of carbonyl (C=O) groups is 1. The van der Waals surface area contributed by atoms with E-state index in [9.17, 15) is 4.79 Å². The number of nitrogens with zero attached hydrogens (tertiary/aromatic N) is 1. The third-order valence-electron chi connectivity index (χ3n) is 3.10. The summed E-state index contributed by atoms with van der Waals surface area (Å²) in [4.78, 5) is 16.3. The third kappa shape index (κ3) is 2.54. The van der Waals surface area contributed by atoms with E-state index in [0.717, 1.165) is 16.7 Å². The van der Waals surface area contributed by atoms with Gasteiger partial charge in [0.2, 0.25) is 0 Å². The Morgan fingerprint density at radius 3 is 2.59 bits per heavy atom. The number of benzene rings is 1. The van der Waals surface area contributed by atoms with Crippen LogP contribution >= 0.6 is 0 Å². The first-order valence-electron chi connectivity index (χ1n) is 5.85. The molecule has 1 aliphatic rings. The van der Waals surface area contributed by atoms with E-state index in [0.29, 0.717) is 19.0 Å². The highest BCUT2D eigenvalue weighted by molar-refractivity contribution is 6.08. The molecule has 0 amide bonds. The standard InChI is InChI=1S/C14H17NO2/c1-9-6-11(3)12(7-10(9)2)13(16)8-14-15-4-5-17-14/h6-7H,4-5,8H2,1-3H3. The van der Waals surface area contributed by atoms with Gasteiger partial charge in [-0.25, -0.2) is 0 Å². The molecular weight excluding hydrogens is 214 g/mol. The van der Waals surface area contributed by atoms with Crippen LogP contribution in [0.5, 0.6) is 0 Å². The van der Waals surface area contributed by atoms with Gasteiger partial charge in [-0.1, -0.05) is 6.07 Å². The van der Waals surface area contributed by atoms with Gasteiger partial charge in [0.1, 0.15) is 6.61 Å². The van der Waals surface area contributed by atoms with E-state index in [1.807, 2.05) is 19.9 Å². The summed E-state index contributed by atoms with van der Waals surface area (Å²) in [5, 5.41) is 0. The molecular formula is C14H17NO2. The lowest BCUT2D eigenvalue weighted by Crippen LogP contribution is -2.10. The smallest absolute Gasteiger partial charge is 0.191 e. The number of carbonyl (C=O) groups excluding carboxylic acids is 1. The average molecular weight is 231 g/mol. The summed E-state index contributed by atoms with van der Waals surface area (Å²) >= 11 is 0. The molecule has 0 atom stereocenters. The highest BCUT2D eigenvalue weighted by Gasteiger charge is 2.16. The summed E-state index contributed by atoms with van der Waals surface area (Å²) in [5.74, 6) is 0.666. The molecule has 0 N–H and O–H groups in total. The van der Waals surface area contributed by atoms with Gasteiger partial charge in [0.05, 0.1) is 13.0 Å². The summed E-state index contributed by atoms with van der Waals surface area (Å²) in [6.45, 7) is 7.33. The molecule has 1 aliphatic heterocycles. The van der Waals surface area contributed by atoms with Crippen LogP contribution in [-0.2, 0) is 4.74 Å². The van der Waals surface area contributed by atoms with E-state index in [4.69, 9.17) is 4.74 Å². The zero-order valence-corrected chi connectivity index (χ0v) is 10.5. The topological polar surface area (TPSA) is 38.7 Å². The molecule has 3 nitrogen and oxygen atoms in total. The van der Waals surface area contributed by atoms with E-state index in [-0.39, 0.29) is 12.2 Å². The van der Waals surface area contributed by atoms with Crippen LogP contribution in [0.2, 0.25) is 0 Å². The van der Waals surface area contributed by atoms with Crippen LogP contribution in [-0.4, -0.2) is 24.8 Å². The molecule has 0 unspecified atom stereocenters. The van der Waals surface area contributed by atoms with Gasteiger partial charge in [-0.15, -0.1) is 0 Å². The fourth-order valence-electron chi connectivity index (χ4n) is 1.98. The van der Waals surface area contributed by atoms with Crippen molar-refractivity contribution in [2.75, 3.05) is 13.2 Å². The number of ketones is 1. The normalized spacial score (nSPS) is 14.4. The lowest BCUT2D eigenvalue weighted by Gasteiger charge is -2.09. The number of ether oxygens (including phenoxy) is 1. The van der Waals surface area contributed by atoms with Crippen LogP contribution in [0, 0.1) is 20.8 Å². The van der Waals surface area contributed by atoms with Gasteiger partial charge in [-0.2, -0.15) is 0 Å². The maximum atomic E-state index is 12.1. The predicted octanol–water partition coefficient (Wildman–Crippen LogP) is 2.61. The number of hydrogen-bond donors (Lipinski definition) is 0. The van der Waals surface area contributed by atoms with Crippen LogP contribution in [0.25, 0.3) is 0 Å². The predicted molar refractivity (Wildman–Crippen MR) is 67.9 cm³/mol. The van der Waals surface area contributed by atoms with Crippen LogP contribution in [0.1, 0.15) is 33.5 Å². The Morgan fingerprint density at radius 2 is 1.94 bits per heavy atom. The molecule has 0 spiro atoms. The van der Waals surface area contributed by atoms with Crippen molar-refractivity contribution in [2.45, 2.75) is 27.2 Å². The summed E-state index contributed by atoms with van der Waals surface area (Å²) in [6, 6.07) is 4.02. The van der Waals surface area contributed by atoms with E-state index < -0.39 is 0 Å². The van der Waals surface area contributed by atoms with Gasteiger partial charge >= 0.3 is 0 Å². The second-order valence-electron chi connectivity index (χ2n) is 4.48. The molecule has 17 heavy (non-hydrogen) atoms. The summed E-state index contributed by atoms with van der Waals surface area (Å²) in [6.07, 6.45) is 0.281. The molecule has 0 fully saturated rings. The minimum Gasteiger partial charge on any atom is -0.479 e. The van der Waals surface area contributed by atoms with E-state index in [1.54, 1.807) is 0 Å². The summed E-state index contributed by atoms with van der Waals surface area (Å²) < 4.78 is 5.27. The molecule has 0 bridgehead atoms. The Bertz CT molecular complexity index is 489. The Balaban J connectivity index is 2.21. The minimum absolute atomic E-state index is 0.0891. The summed E-state index contributed by atoms with van der Waals surface area (Å²) in [5.41, 5.74) is 4.17. The van der Waals surface area contributed by atoms with Gasteiger partial charge in [-0.05, 0) is 43.5 Å². The first-order chi connectivity index (χ1) is 8.08. The average Bonchev–Trinajstić information content (AvgIpc) is 2.76. The Kier molecular flexibility index (Phi) is 3.27. The van der Waals surface area contributed by atoms with Gasteiger partial charge in [-0.3, -0.25) is 9.79 Å². The zero-order valence-electron chi connectivity index (χ0n) is 10.5. The lowest BCUT2D eigenvalue weighted by atomic mass is 9.97. The van der Waals surface area contributed by atoms with Crippen molar-refractivity contribution < 1.29 is 9.53 Å². The van der Waals surface area contributed by atoms with E-state index in [1.165, 1.54) is 5.56 Å². The Hall–Kier alpha value is -1.64. The summed E-state index contributed by atoms with van der Waals surface area (Å²) in [7, 11) is 0. The minimum atomic E-state index is 0.0891. The molecule has 1 aromatic carbocycles. The number of aliphatic imine (C=N–C) groups is 1. The van der Waals surface area contributed by atoms with Gasteiger partial charge in [0, 0.05) is 5.56 Å². The molecule has 1 heterocycles. The molecule has 0 saturated carbocycles. The van der Waals surface area contributed by atoms with Crippen molar-refractivity contribution >= 4 is 11.7 Å². The van der Waals surface area contributed by atoms with Crippen molar-refractivity contribution in [1.29, 1.82) is 0 Å². The maximum Gasteiger partial charge on any atom is 0.191 e. The van der Waals surface area contributed by atoms with Crippen molar-refractivity contribution in [3.63, 3.8) is 0 Å². The number of rotatable bonds is 3. The maximum absolute atomic E-state index is 12.1. The van der Waals surface area contributed by atoms with Crippen molar-refractivity contribution in [2.24, 2.45) is 4.99 Å². The van der Waals surface area contributed by atoms with Crippen molar-refractivity contribution in [3.05, 3.63) is 34.4 Å². The fourth-order valence-corrected chi connectivity index (χ4v) is 1.98. The largest absolute Gasteiger partial charge is 0.479 e. The highest BCUT2D eigenvalue weighted by Crippen LogP contribution is 2.17. The van der Waals surface area contributed by atoms with E-state index in [2.05, 4.69) is 18.0 Å². The lowest BCUT2D eigenvalue weighted by molar-refractivity contribution is 0.0994. The molecule has 0 saturated heterocycles. The number of hydrogen-bond acceptors (Lipinski definition) is 3. The first-order valence-corrected chi connectivity index (χ1v) is 5.85. The number of aryl methyl sites for hydroxylation is 3. The molecule has 2 rings (SSSR count). The van der Waals surface area contributed by atoms with Crippen LogP contribution in [0.15, 0.2) is 17.1 Å². The molecule has 0 radical (unpaired) electrons. The van der Waals surface area contributed by atoms with Crippen molar-refractivity contribution in [3.8, 4) is 0 Å². The Labute approximate surface area is 102 Å². The Morgan fingerprint density at radius 1 is 1.24 bits per heavy atom. The SMILES string of the molecule is Cc1cc(C)c(C(=O)CC2=NCCO2)cc1C. The molecule has 1 aromatic rings. The third-order valence-corrected chi connectivity index (χ3v) is 3.10. The quantitative estimate of drug-likeness (QED) is 0.750. The van der Waals surface area contributed by atoms with Gasteiger partial charge in [0.15, 0.2) is 11.7 Å². The van der Waals surface area contributed by atoms with Crippen molar-refractivity contribution in [1.82, 2.24) is 0 Å². The van der Waals surface area contributed by atoms with Gasteiger partial charge in [0.25, 0.3) is 0 Å². The first kappa shape index (κ1) is 11.8. The fraction of sp³-hybridized carbons (Fsp3) is 0.429. The van der Waals surface area contributed by atoms with E-state index >= 15 is 0 Å². The molecule has 0 aliphatic carbocycles. The van der Waals surface area contributed by atoms with Gasteiger partial charge < -0.3 is 4.74 Å². The molecule has 0 aromatic heterocycles. The zero-order chi connectivity index (χ0) is 12.4. The molecule has 3 heteroatoms. The highest BCUT2D eigenvalue weighted by atomic mass is 16.5. The second kappa shape index (κ2) is 4.70. The molecule has 90 valence electrons. The number of Topliss-reactive ketones (excluding diaryl/α,β-unsaturated/α-hetero) is 1. The monoisotopic (exact) mass is 231 g/mol. The van der Waals surface area contributed by atoms with Crippen LogP contribution < -0.4 is 0 Å².